The molecule has 0 aliphatic carbocycles. The first-order valence-corrected chi connectivity index (χ1v) is 3.17. The molecular weight excluding hydrogens is 144 g/mol. The Morgan fingerprint density at radius 3 is 2.82 bits per heavy atom. The lowest BCUT2D eigenvalue weighted by Crippen LogP contribution is -2.03. The Morgan fingerprint density at radius 1 is 1.55 bits per heavy atom. The van der Waals surface area contributed by atoms with Crippen molar-refractivity contribution in [3.05, 3.63) is 29.6 Å². The Hall–Kier alpha value is -1.32. The maximum atomic E-state index is 12.8. The fourth-order valence-electron chi connectivity index (χ4n) is 0.799. The molecule has 0 radical (unpaired) electrons. The van der Waals surface area contributed by atoms with E-state index in [9.17, 15) is 4.39 Å². The smallest absolute Gasteiger partial charge is 0.139 e. The number of nitrogens with zero attached hydrogens (tertiary/aromatic N) is 1. The molecular formula is C7H7BFNO. The molecule has 0 heterocycles. The highest BCUT2D eigenvalue weighted by atomic mass is 19.1. The van der Waals surface area contributed by atoms with Crippen molar-refractivity contribution in [2.45, 2.75) is 0 Å². The van der Waals surface area contributed by atoms with Gasteiger partial charge in [-0.2, -0.15) is 0 Å². The number of benzene rings is 1. The van der Waals surface area contributed by atoms with Gasteiger partial charge >= 0.3 is 0 Å². The highest BCUT2D eigenvalue weighted by Crippen LogP contribution is 2.00. The monoisotopic (exact) mass is 151 g/mol. The largest absolute Gasteiger partial charge is 0.411 e. The van der Waals surface area contributed by atoms with Crippen LogP contribution in [0.1, 0.15) is 5.56 Å². The normalized spacial score (nSPS) is 10.6. The number of hydrogen-bond acceptors (Lipinski definition) is 2. The zero-order valence-corrected chi connectivity index (χ0v) is 6.08. The van der Waals surface area contributed by atoms with Crippen LogP contribution < -0.4 is 5.46 Å². The second-order valence-corrected chi connectivity index (χ2v) is 2.27. The van der Waals surface area contributed by atoms with Gasteiger partial charge in [0, 0.05) is 5.56 Å². The minimum absolute atomic E-state index is 0.290. The third-order valence-corrected chi connectivity index (χ3v) is 1.35. The second kappa shape index (κ2) is 3.19. The average Bonchev–Trinajstić information content (AvgIpc) is 1.95. The van der Waals surface area contributed by atoms with Gasteiger partial charge < -0.3 is 5.21 Å². The molecule has 11 heavy (non-hydrogen) atoms. The van der Waals surface area contributed by atoms with Crippen LogP contribution in [0.3, 0.4) is 0 Å². The molecule has 0 atom stereocenters. The van der Waals surface area contributed by atoms with Crippen LogP contribution in [0.4, 0.5) is 4.39 Å². The van der Waals surface area contributed by atoms with E-state index >= 15 is 0 Å². The Labute approximate surface area is 64.8 Å². The highest BCUT2D eigenvalue weighted by Gasteiger charge is 1.97. The number of rotatable bonds is 1. The molecule has 1 rings (SSSR count). The van der Waals surface area contributed by atoms with Gasteiger partial charge in [-0.05, 0) is 6.07 Å². The van der Waals surface area contributed by atoms with Crippen LogP contribution in [0.5, 0.6) is 0 Å². The summed E-state index contributed by atoms with van der Waals surface area (Å²) in [6.07, 6.45) is 1.06. The number of hydrogen-bond donors (Lipinski definition) is 1. The molecule has 0 fully saturated rings. The van der Waals surface area contributed by atoms with Gasteiger partial charge in [-0.15, -0.1) is 0 Å². The molecule has 2 nitrogen and oxygen atoms in total. The summed E-state index contributed by atoms with van der Waals surface area (Å²) in [5.41, 5.74) is 1.13. The van der Waals surface area contributed by atoms with E-state index in [1.54, 1.807) is 20.0 Å². The summed E-state index contributed by atoms with van der Waals surface area (Å²) in [6.45, 7) is 0. The first-order valence-electron chi connectivity index (χ1n) is 3.17. The molecule has 1 aromatic rings. The van der Waals surface area contributed by atoms with E-state index in [0.717, 1.165) is 11.7 Å². The van der Waals surface area contributed by atoms with E-state index in [1.165, 1.54) is 6.07 Å². The first kappa shape index (κ1) is 7.79. The molecule has 0 aromatic heterocycles. The maximum absolute atomic E-state index is 12.8. The summed E-state index contributed by atoms with van der Waals surface area (Å²) in [5, 5.41) is 10.8. The summed E-state index contributed by atoms with van der Waals surface area (Å²) in [6, 6.07) is 4.70. The predicted octanol–water partition coefficient (Wildman–Crippen LogP) is -0.108. The zero-order chi connectivity index (χ0) is 8.27. The summed E-state index contributed by atoms with van der Waals surface area (Å²) in [5.74, 6) is -0.372. The van der Waals surface area contributed by atoms with Gasteiger partial charge in [0.05, 0.1) is 6.21 Å². The van der Waals surface area contributed by atoms with Crippen LogP contribution in [-0.2, 0) is 0 Å². The fraction of sp³-hybridized carbons (Fsp3) is 0. The second-order valence-electron chi connectivity index (χ2n) is 2.27. The molecule has 4 heteroatoms. The molecule has 0 amide bonds. The van der Waals surface area contributed by atoms with E-state index in [1.807, 2.05) is 0 Å². The van der Waals surface area contributed by atoms with E-state index in [0.29, 0.717) is 0 Å². The topological polar surface area (TPSA) is 32.6 Å². The molecule has 0 bridgehead atoms. The third kappa shape index (κ3) is 1.80. The van der Waals surface area contributed by atoms with E-state index < -0.39 is 0 Å². The van der Waals surface area contributed by atoms with Crippen molar-refractivity contribution in [3.8, 4) is 0 Å². The van der Waals surface area contributed by atoms with Crippen molar-refractivity contribution < 1.29 is 9.60 Å². The lowest BCUT2D eigenvalue weighted by Gasteiger charge is -1.95. The third-order valence-electron chi connectivity index (χ3n) is 1.35. The Balaban J connectivity index is 3.09. The quantitative estimate of drug-likeness (QED) is 0.258. The van der Waals surface area contributed by atoms with Crippen LogP contribution in [0.2, 0.25) is 0 Å². The summed E-state index contributed by atoms with van der Waals surface area (Å²) >= 11 is 0. The molecule has 1 aromatic carbocycles. The van der Waals surface area contributed by atoms with Gasteiger partial charge in [-0.1, -0.05) is 22.8 Å². The van der Waals surface area contributed by atoms with Crippen LogP contribution in [-0.4, -0.2) is 19.3 Å². The number of oxime groups is 1. The minimum Gasteiger partial charge on any atom is -0.411 e. The predicted molar refractivity (Wildman–Crippen MR) is 44.0 cm³/mol. The standard InChI is InChI=1S/C7H7BFNO/c8-6-2-1-5(4-10-11)7(9)3-6/h1-4,11H,8H2/b10-4+. The molecule has 0 spiro atoms. The molecule has 0 aliphatic heterocycles. The molecule has 0 unspecified atom stereocenters. The summed E-state index contributed by atoms with van der Waals surface area (Å²) < 4.78 is 12.8. The summed E-state index contributed by atoms with van der Waals surface area (Å²) in [7, 11) is 1.79. The average molecular weight is 151 g/mol. The Bertz CT molecular complexity index is 288. The van der Waals surface area contributed by atoms with Gasteiger partial charge in [-0.25, -0.2) is 4.39 Å². The first-order chi connectivity index (χ1) is 5.24. The lowest BCUT2D eigenvalue weighted by molar-refractivity contribution is 0.321. The minimum atomic E-state index is -0.372. The summed E-state index contributed by atoms with van der Waals surface area (Å²) in [4.78, 5) is 0. The van der Waals surface area contributed by atoms with Crippen molar-refractivity contribution in [3.63, 3.8) is 0 Å². The lowest BCUT2D eigenvalue weighted by atomic mass is 9.95. The molecule has 56 valence electrons. The fourth-order valence-corrected chi connectivity index (χ4v) is 0.799. The molecule has 0 saturated carbocycles. The molecule has 0 aliphatic rings. The van der Waals surface area contributed by atoms with Crippen LogP contribution in [0, 0.1) is 5.82 Å². The zero-order valence-electron chi connectivity index (χ0n) is 6.08. The van der Waals surface area contributed by atoms with Crippen molar-refractivity contribution in [2.24, 2.45) is 5.16 Å². The number of halogens is 1. The van der Waals surface area contributed by atoms with Crippen molar-refractivity contribution in [1.82, 2.24) is 0 Å². The van der Waals surface area contributed by atoms with Crippen molar-refractivity contribution in [2.75, 3.05) is 0 Å². The Kier molecular flexibility index (Phi) is 2.26. The maximum Gasteiger partial charge on any atom is 0.139 e. The molecule has 1 N–H and O–H groups in total. The van der Waals surface area contributed by atoms with E-state index in [-0.39, 0.29) is 11.4 Å². The Morgan fingerprint density at radius 2 is 2.27 bits per heavy atom. The highest BCUT2D eigenvalue weighted by molar-refractivity contribution is 6.32. The molecule has 0 saturated heterocycles. The van der Waals surface area contributed by atoms with Crippen molar-refractivity contribution >= 4 is 19.5 Å². The van der Waals surface area contributed by atoms with E-state index in [4.69, 9.17) is 5.21 Å². The van der Waals surface area contributed by atoms with Crippen LogP contribution in [0.15, 0.2) is 23.4 Å². The van der Waals surface area contributed by atoms with Gasteiger partial charge in [0.1, 0.15) is 13.7 Å². The SMILES string of the molecule is Bc1ccc(/C=N/O)c(F)c1. The van der Waals surface area contributed by atoms with Gasteiger partial charge in [0.2, 0.25) is 0 Å². The van der Waals surface area contributed by atoms with Crippen molar-refractivity contribution in [1.29, 1.82) is 0 Å². The van der Waals surface area contributed by atoms with Crippen LogP contribution in [0.25, 0.3) is 0 Å². The van der Waals surface area contributed by atoms with Crippen LogP contribution >= 0.6 is 0 Å². The van der Waals surface area contributed by atoms with Gasteiger partial charge in [0.15, 0.2) is 0 Å². The van der Waals surface area contributed by atoms with Gasteiger partial charge in [0.25, 0.3) is 0 Å². The van der Waals surface area contributed by atoms with Gasteiger partial charge in [-0.3, -0.25) is 0 Å². The van der Waals surface area contributed by atoms with E-state index in [2.05, 4.69) is 5.16 Å².